The maximum absolute atomic E-state index is 14.0. The second-order valence-corrected chi connectivity index (χ2v) is 20.6. The summed E-state index contributed by atoms with van der Waals surface area (Å²) in [5.41, 5.74) is 6.74. The molecule has 0 radical (unpaired) electrons. The predicted molar refractivity (Wildman–Crippen MR) is 257 cm³/mol. The van der Waals surface area contributed by atoms with Crippen molar-refractivity contribution in [3.8, 4) is 34.1 Å². The Kier molecular flexibility index (Phi) is 15.9. The highest BCUT2D eigenvalue weighted by Crippen LogP contribution is 2.55. The van der Waals surface area contributed by atoms with Crippen molar-refractivity contribution in [2.75, 3.05) is 38.4 Å². The summed E-state index contributed by atoms with van der Waals surface area (Å²) >= 11 is 1.55. The Balaban J connectivity index is 0.908. The number of thiazole rings is 1. The van der Waals surface area contributed by atoms with E-state index in [4.69, 9.17) is 14.2 Å². The molecular formula is C51H62N8O8S. The van der Waals surface area contributed by atoms with Crippen molar-refractivity contribution in [1.29, 1.82) is 10.5 Å². The number of aliphatic hydroxyl groups is 1. The Bertz CT molecular complexity index is 2520. The van der Waals surface area contributed by atoms with Crippen LogP contribution in [0.2, 0.25) is 0 Å². The number of anilines is 1. The van der Waals surface area contributed by atoms with Gasteiger partial charge in [0.15, 0.2) is 0 Å². The molecule has 2 fully saturated rings. The number of carbonyl (C=O) groups excluding carboxylic acids is 4. The number of amides is 4. The van der Waals surface area contributed by atoms with Gasteiger partial charge in [0.1, 0.15) is 48.4 Å². The number of nitriles is 2. The lowest BCUT2D eigenvalue weighted by Gasteiger charge is -2.63. The number of ether oxygens (including phenoxy) is 3. The Morgan fingerprint density at radius 1 is 0.941 bits per heavy atom. The molecule has 4 amide bonds. The molecule has 1 saturated heterocycles. The summed E-state index contributed by atoms with van der Waals surface area (Å²) in [6, 6.07) is 21.3. The van der Waals surface area contributed by atoms with Crippen LogP contribution in [-0.4, -0.2) is 102 Å². The minimum atomic E-state index is -0.990. The van der Waals surface area contributed by atoms with Crippen LogP contribution in [0, 0.1) is 45.8 Å². The normalized spacial score (nSPS) is 19.6. The van der Waals surface area contributed by atoms with Crippen LogP contribution in [0.1, 0.15) is 94.9 Å². The number of nitrogens with one attached hydrogen (secondary N) is 3. The minimum Gasteiger partial charge on any atom is -0.494 e. The molecule has 17 heteroatoms. The van der Waals surface area contributed by atoms with Crippen LogP contribution in [0.5, 0.6) is 11.5 Å². The maximum Gasteiger partial charge on any atom is 0.261 e. The molecule has 16 nitrogen and oxygen atoms in total. The average Bonchev–Trinajstić information content (AvgIpc) is 3.93. The van der Waals surface area contributed by atoms with Gasteiger partial charge in [0.2, 0.25) is 11.8 Å². The number of hydrogen-bond acceptors (Lipinski definition) is 13. The first kappa shape index (κ1) is 50.9. The first-order valence-corrected chi connectivity index (χ1v) is 23.6. The molecule has 3 atom stereocenters. The predicted octanol–water partition coefficient (Wildman–Crippen LogP) is 6.31. The second kappa shape index (κ2) is 21.2. The number of unbranched alkanes of at least 4 members (excludes halogenated alkanes) is 1. The van der Waals surface area contributed by atoms with Crippen LogP contribution in [-0.2, 0) is 19.1 Å². The number of hydrazine groups is 1. The van der Waals surface area contributed by atoms with Gasteiger partial charge in [0.05, 0.1) is 45.6 Å². The third-order valence-electron chi connectivity index (χ3n) is 12.7. The summed E-state index contributed by atoms with van der Waals surface area (Å²) in [5.74, 6) is -0.534. The molecule has 1 saturated carbocycles. The highest BCUT2D eigenvalue weighted by molar-refractivity contribution is 7.13. The van der Waals surface area contributed by atoms with Crippen LogP contribution in [0.4, 0.5) is 5.69 Å². The van der Waals surface area contributed by atoms with Crippen LogP contribution in [0.25, 0.3) is 10.4 Å². The summed E-state index contributed by atoms with van der Waals surface area (Å²) in [4.78, 5) is 60.9. The molecule has 0 spiro atoms. The lowest BCUT2D eigenvalue weighted by atomic mass is 9.49. The van der Waals surface area contributed by atoms with Gasteiger partial charge < -0.3 is 34.9 Å². The Morgan fingerprint density at radius 2 is 1.59 bits per heavy atom. The number of likely N-dealkylation sites (tertiary alicyclic amines) is 1. The Hall–Kier alpha value is -6.53. The van der Waals surface area contributed by atoms with Gasteiger partial charge in [0, 0.05) is 49.1 Å². The molecule has 68 heavy (non-hydrogen) atoms. The van der Waals surface area contributed by atoms with E-state index in [-0.39, 0.29) is 55.4 Å². The van der Waals surface area contributed by atoms with E-state index in [1.807, 2.05) is 91.8 Å². The van der Waals surface area contributed by atoms with Crippen LogP contribution < -0.4 is 30.5 Å². The van der Waals surface area contributed by atoms with Crippen molar-refractivity contribution in [1.82, 2.24) is 25.9 Å². The molecule has 360 valence electrons. The van der Waals surface area contributed by atoms with E-state index in [1.54, 1.807) is 71.4 Å². The van der Waals surface area contributed by atoms with Gasteiger partial charge >= 0.3 is 0 Å². The first-order valence-electron chi connectivity index (χ1n) is 22.7. The molecule has 1 aliphatic heterocycles. The molecule has 1 aromatic heterocycles. The summed E-state index contributed by atoms with van der Waals surface area (Å²) in [6.07, 6.45) is 0.115. The number of rotatable bonds is 18. The van der Waals surface area contributed by atoms with Gasteiger partial charge in [-0.3, -0.25) is 29.6 Å². The van der Waals surface area contributed by atoms with Crippen molar-refractivity contribution >= 4 is 40.7 Å². The van der Waals surface area contributed by atoms with Gasteiger partial charge in [-0.05, 0) is 85.3 Å². The number of β-amino-alcohol motifs (C(OH)–C–C–N with tert-alkyl or cyclic N) is 1. The van der Waals surface area contributed by atoms with Crippen molar-refractivity contribution in [3.05, 3.63) is 94.6 Å². The number of hydrogen-bond donors (Lipinski definition) is 4. The summed E-state index contributed by atoms with van der Waals surface area (Å²) < 4.78 is 17.9. The number of benzene rings is 3. The van der Waals surface area contributed by atoms with E-state index >= 15 is 0 Å². The summed E-state index contributed by atoms with van der Waals surface area (Å²) in [6.45, 7) is 15.9. The minimum absolute atomic E-state index is 0.0466. The zero-order chi connectivity index (χ0) is 49.6. The Morgan fingerprint density at radius 3 is 2.21 bits per heavy atom. The van der Waals surface area contributed by atoms with E-state index in [1.165, 1.54) is 4.90 Å². The summed E-state index contributed by atoms with van der Waals surface area (Å²) in [5, 5.41) is 36.9. The second-order valence-electron chi connectivity index (χ2n) is 19.7. The van der Waals surface area contributed by atoms with Gasteiger partial charge in [0.25, 0.3) is 11.8 Å². The fraction of sp³-hybridized carbons (Fsp3) is 0.471. The number of carbonyl (C=O) groups is 4. The smallest absolute Gasteiger partial charge is 0.261 e. The third-order valence-corrected chi connectivity index (χ3v) is 13.7. The van der Waals surface area contributed by atoms with E-state index in [2.05, 4.69) is 21.0 Å². The molecular weight excluding hydrogens is 885 g/mol. The van der Waals surface area contributed by atoms with Crippen LogP contribution in [0.15, 0.2) is 72.2 Å². The average molecular weight is 947 g/mol. The molecule has 6 rings (SSSR count). The lowest BCUT2D eigenvalue weighted by molar-refractivity contribution is -0.164. The van der Waals surface area contributed by atoms with E-state index in [9.17, 15) is 34.8 Å². The number of nitrogens with zero attached hydrogens (tertiary/aromatic N) is 5. The molecule has 3 aromatic carbocycles. The Labute approximate surface area is 402 Å². The standard InChI is InChI=1S/C51H62N8O8S/c1-31-42(68-30-54-31)32-12-17-36(18-13-32)58(9)57-45(63)40-25-37(60)28-59(40)46(64)43(49(2,3)4)55-41(61)29-65-22-10-11-23-66-38-19-14-33(15-20-38)44(62)56-47-50(5,6)48(51(47,7)8)67-39-21-16-34(26-52)35(24-39)27-53/h12-21,24,30,37,40,43,47-48,60H,10-11,22-23,25,28-29H2,1-9H3,(H,55,61)(H,56,62)(H,57,63)/t37-,40+,43-,47?,48?/m1/s1. The monoisotopic (exact) mass is 946 g/mol. The zero-order valence-corrected chi connectivity index (χ0v) is 41.0. The number of aromatic nitrogens is 1. The molecule has 4 aromatic rings. The first-order chi connectivity index (χ1) is 32.1. The SMILES string of the molecule is Cc1ncsc1-c1ccc(N(C)NC(=O)[C@@H]2C[C@@H](O)CN2C(=O)[C@@H](NC(=O)COCCCCOc2ccc(C(=O)NC3C(C)(C)C(Oc4ccc(C#N)c(C#N)c4)C3(C)C)cc2)C(C)(C)C)cc1. The highest BCUT2D eigenvalue weighted by Gasteiger charge is 2.64. The van der Waals surface area contributed by atoms with E-state index in [0.717, 1.165) is 21.8 Å². The van der Waals surface area contributed by atoms with Gasteiger partial charge in [-0.25, -0.2) is 4.98 Å². The van der Waals surface area contributed by atoms with Gasteiger partial charge in [-0.1, -0.05) is 60.6 Å². The van der Waals surface area contributed by atoms with Gasteiger partial charge in [-0.15, -0.1) is 11.3 Å². The highest BCUT2D eigenvalue weighted by atomic mass is 32.1. The largest absolute Gasteiger partial charge is 0.494 e. The molecule has 0 unspecified atom stereocenters. The van der Waals surface area contributed by atoms with Crippen LogP contribution in [0.3, 0.4) is 0 Å². The molecule has 4 N–H and O–H groups in total. The molecule has 1 aliphatic carbocycles. The topological polar surface area (TPSA) is 219 Å². The van der Waals surface area contributed by atoms with Crippen molar-refractivity contribution in [2.24, 2.45) is 16.2 Å². The maximum atomic E-state index is 14.0. The molecule has 0 bridgehead atoms. The zero-order valence-electron chi connectivity index (χ0n) is 40.2. The fourth-order valence-electron chi connectivity index (χ4n) is 9.34. The van der Waals surface area contributed by atoms with Crippen molar-refractivity contribution < 1.29 is 38.5 Å². The summed E-state index contributed by atoms with van der Waals surface area (Å²) in [7, 11) is 1.71. The van der Waals surface area contributed by atoms with Crippen LogP contribution >= 0.6 is 11.3 Å². The van der Waals surface area contributed by atoms with E-state index in [0.29, 0.717) is 36.5 Å². The number of aliphatic hydroxyl groups excluding tert-OH is 1. The van der Waals surface area contributed by atoms with E-state index < -0.39 is 52.2 Å². The molecule has 2 heterocycles. The van der Waals surface area contributed by atoms with Crippen molar-refractivity contribution in [3.63, 3.8) is 0 Å². The number of aryl methyl sites for hydroxylation is 1. The quantitative estimate of drug-likeness (QED) is 0.0637. The fourth-order valence-corrected chi connectivity index (χ4v) is 10.2. The van der Waals surface area contributed by atoms with Gasteiger partial charge in [-0.2, -0.15) is 10.5 Å². The third kappa shape index (κ3) is 11.6. The van der Waals surface area contributed by atoms with Crippen molar-refractivity contribution in [2.45, 2.75) is 105 Å². The lowest BCUT2D eigenvalue weighted by Crippen LogP contribution is -2.74. The molecule has 2 aliphatic rings.